The first-order chi connectivity index (χ1) is 13.2. The molecule has 27 heavy (non-hydrogen) atoms. The number of ether oxygens (including phenoxy) is 1. The summed E-state index contributed by atoms with van der Waals surface area (Å²) >= 11 is 1.53. The van der Waals surface area contributed by atoms with Gasteiger partial charge in [0.1, 0.15) is 10.8 Å². The van der Waals surface area contributed by atoms with Crippen molar-refractivity contribution in [1.29, 1.82) is 0 Å². The lowest BCUT2D eigenvalue weighted by Gasteiger charge is -2.34. The highest BCUT2D eigenvalue weighted by atomic mass is 32.1. The van der Waals surface area contributed by atoms with Crippen LogP contribution in [0.2, 0.25) is 0 Å². The zero-order valence-electron chi connectivity index (χ0n) is 14.8. The topological polar surface area (TPSA) is 75.6 Å². The zero-order valence-corrected chi connectivity index (χ0v) is 15.6. The van der Waals surface area contributed by atoms with E-state index >= 15 is 0 Å². The molecule has 0 aliphatic carbocycles. The fourth-order valence-electron chi connectivity index (χ4n) is 3.09. The maximum atomic E-state index is 12.6. The van der Waals surface area contributed by atoms with Crippen molar-refractivity contribution in [2.24, 2.45) is 0 Å². The highest BCUT2D eigenvalue weighted by Crippen LogP contribution is 2.38. The Morgan fingerprint density at radius 1 is 1.26 bits per heavy atom. The number of amides is 1. The lowest BCUT2D eigenvalue weighted by molar-refractivity contribution is -0.126. The number of hydrogen-bond donors (Lipinski definition) is 1. The fourth-order valence-corrected chi connectivity index (χ4v) is 3.89. The number of carbonyl (C=O) groups is 1. The molecule has 3 heterocycles. The minimum atomic E-state index is -0.509. The first-order valence-corrected chi connectivity index (χ1v) is 9.69. The normalized spacial score (nSPS) is 16.1. The molecule has 1 atom stereocenters. The van der Waals surface area contributed by atoms with Gasteiger partial charge < -0.3 is 14.7 Å². The molecule has 138 valence electrons. The van der Waals surface area contributed by atoms with Gasteiger partial charge in [-0.3, -0.25) is 9.78 Å². The lowest BCUT2D eigenvalue weighted by atomic mass is 10.1. The number of carbonyl (C=O) groups excluding carboxylic acids is 1. The Hall–Kier alpha value is -2.77. The summed E-state index contributed by atoms with van der Waals surface area (Å²) < 4.78 is 5.83. The monoisotopic (exact) mass is 381 g/mol. The lowest BCUT2D eigenvalue weighted by Crippen LogP contribution is -2.46. The fraction of sp³-hybridized carbons (Fsp3) is 0.250. The van der Waals surface area contributed by atoms with Crippen LogP contribution in [0.1, 0.15) is 13.3 Å². The minimum Gasteiger partial charge on any atom is -0.478 e. The van der Waals surface area contributed by atoms with E-state index in [-0.39, 0.29) is 19.1 Å². The van der Waals surface area contributed by atoms with Crippen molar-refractivity contribution in [3.05, 3.63) is 48.0 Å². The van der Waals surface area contributed by atoms with E-state index in [4.69, 9.17) is 4.74 Å². The largest absolute Gasteiger partial charge is 0.478 e. The van der Waals surface area contributed by atoms with Gasteiger partial charge in [0.25, 0.3) is 5.91 Å². The van der Waals surface area contributed by atoms with E-state index in [0.717, 1.165) is 22.0 Å². The van der Waals surface area contributed by atoms with Gasteiger partial charge >= 0.3 is 0 Å². The van der Waals surface area contributed by atoms with Crippen molar-refractivity contribution in [3.8, 4) is 27.7 Å². The molecule has 1 aliphatic heterocycles. The Bertz CT molecular complexity index is 958. The maximum Gasteiger partial charge on any atom is 0.268 e. The number of aromatic nitrogens is 2. The first kappa shape index (κ1) is 17.6. The quantitative estimate of drug-likeness (QED) is 0.733. The predicted octanol–water partition coefficient (Wildman–Crippen LogP) is 3.37. The molecule has 0 saturated carbocycles. The number of rotatable bonds is 5. The summed E-state index contributed by atoms with van der Waals surface area (Å²) in [5, 5.41) is 12.2. The van der Waals surface area contributed by atoms with Crippen LogP contribution in [0.5, 0.6) is 5.75 Å². The molecule has 7 heteroatoms. The third kappa shape index (κ3) is 3.31. The highest BCUT2D eigenvalue weighted by molar-refractivity contribution is 7.13. The number of nitrogens with zero attached hydrogens (tertiary/aromatic N) is 3. The number of benzene rings is 1. The van der Waals surface area contributed by atoms with Gasteiger partial charge in [0.2, 0.25) is 0 Å². The molecule has 2 aromatic heterocycles. The van der Waals surface area contributed by atoms with Gasteiger partial charge in [-0.05, 0) is 36.8 Å². The third-order valence-electron chi connectivity index (χ3n) is 4.44. The molecule has 1 N–H and O–H groups in total. The van der Waals surface area contributed by atoms with Crippen LogP contribution >= 0.6 is 11.3 Å². The Kier molecular flexibility index (Phi) is 4.87. The number of anilines is 1. The second kappa shape index (κ2) is 7.46. The van der Waals surface area contributed by atoms with Crippen LogP contribution in [0.25, 0.3) is 22.0 Å². The van der Waals surface area contributed by atoms with Gasteiger partial charge in [-0.15, -0.1) is 11.3 Å². The van der Waals surface area contributed by atoms with Crippen LogP contribution in [-0.4, -0.2) is 40.2 Å². The van der Waals surface area contributed by atoms with Crippen molar-refractivity contribution in [2.75, 3.05) is 18.1 Å². The molecule has 0 spiro atoms. The average Bonchev–Trinajstić information content (AvgIpc) is 3.20. The molecule has 0 fully saturated rings. The number of thiazole rings is 1. The average molecular weight is 381 g/mol. The zero-order chi connectivity index (χ0) is 18.8. The molecule has 6 nitrogen and oxygen atoms in total. The second-order valence-electron chi connectivity index (χ2n) is 6.16. The number of aliphatic hydroxyl groups excluding tert-OH is 1. The van der Waals surface area contributed by atoms with Crippen molar-refractivity contribution < 1.29 is 14.6 Å². The van der Waals surface area contributed by atoms with Crippen molar-refractivity contribution in [1.82, 2.24) is 9.97 Å². The van der Waals surface area contributed by atoms with Gasteiger partial charge in [-0.2, -0.15) is 0 Å². The predicted molar refractivity (Wildman–Crippen MR) is 105 cm³/mol. The number of fused-ring (bicyclic) bond motifs is 1. The van der Waals surface area contributed by atoms with E-state index in [1.807, 2.05) is 48.7 Å². The van der Waals surface area contributed by atoms with E-state index < -0.39 is 6.10 Å². The SMILES string of the molecule is CCC1Oc2ccc(-c3csc(-c4ccccn4)n3)cc2N(CCO)C1=O. The van der Waals surface area contributed by atoms with E-state index in [9.17, 15) is 9.90 Å². The summed E-state index contributed by atoms with van der Waals surface area (Å²) in [7, 11) is 0. The first-order valence-electron chi connectivity index (χ1n) is 8.81. The molecule has 1 unspecified atom stereocenters. The molecule has 1 aromatic carbocycles. The summed E-state index contributed by atoms with van der Waals surface area (Å²) in [4.78, 5) is 23.2. The molecular weight excluding hydrogens is 362 g/mol. The summed E-state index contributed by atoms with van der Waals surface area (Å²) in [5.74, 6) is 0.530. The Morgan fingerprint density at radius 2 is 2.15 bits per heavy atom. The smallest absolute Gasteiger partial charge is 0.268 e. The van der Waals surface area contributed by atoms with E-state index in [1.165, 1.54) is 11.3 Å². The highest BCUT2D eigenvalue weighted by Gasteiger charge is 2.33. The number of hydrogen-bond acceptors (Lipinski definition) is 6. The van der Waals surface area contributed by atoms with Gasteiger partial charge in [0.05, 0.1) is 23.7 Å². The van der Waals surface area contributed by atoms with E-state index in [0.29, 0.717) is 17.9 Å². The van der Waals surface area contributed by atoms with Gasteiger partial charge in [0.15, 0.2) is 6.10 Å². The van der Waals surface area contributed by atoms with Crippen molar-refractivity contribution in [2.45, 2.75) is 19.4 Å². The van der Waals surface area contributed by atoms with Gasteiger partial charge in [0, 0.05) is 23.7 Å². The van der Waals surface area contributed by atoms with Crippen molar-refractivity contribution in [3.63, 3.8) is 0 Å². The third-order valence-corrected chi connectivity index (χ3v) is 5.30. The number of pyridine rings is 1. The Labute approximate surface area is 161 Å². The van der Waals surface area contributed by atoms with Gasteiger partial charge in [-0.25, -0.2) is 4.98 Å². The van der Waals surface area contributed by atoms with Crippen LogP contribution in [-0.2, 0) is 4.79 Å². The summed E-state index contributed by atoms with van der Waals surface area (Å²) in [6.07, 6.45) is 1.82. The standard InChI is InChI=1S/C20H19N3O3S/c1-2-17-20(25)23(9-10-24)16-11-13(6-7-18(16)26-17)15-12-27-19(22-15)14-5-3-4-8-21-14/h3-8,11-12,17,24H,2,9-10H2,1H3. The Balaban J connectivity index is 1.71. The summed E-state index contributed by atoms with van der Waals surface area (Å²) in [6.45, 7) is 2.05. The molecule has 0 radical (unpaired) electrons. The minimum absolute atomic E-state index is 0.105. The molecule has 1 aliphatic rings. The number of β-amino-alcohol motifs (C(OH)–C–C–N with tert-alkyl or cyclic N) is 1. The van der Waals surface area contributed by atoms with E-state index in [2.05, 4.69) is 9.97 Å². The van der Waals surface area contributed by atoms with Gasteiger partial charge in [-0.1, -0.05) is 13.0 Å². The van der Waals surface area contributed by atoms with Crippen LogP contribution in [0.3, 0.4) is 0 Å². The molecule has 1 amide bonds. The molecule has 0 bridgehead atoms. The Morgan fingerprint density at radius 3 is 2.89 bits per heavy atom. The van der Waals surface area contributed by atoms with Crippen LogP contribution in [0.4, 0.5) is 5.69 Å². The van der Waals surface area contributed by atoms with Crippen LogP contribution in [0.15, 0.2) is 48.0 Å². The summed E-state index contributed by atoms with van der Waals surface area (Å²) in [5.41, 5.74) is 3.21. The molecular formula is C20H19N3O3S. The van der Waals surface area contributed by atoms with Crippen molar-refractivity contribution >= 4 is 22.9 Å². The molecule has 3 aromatic rings. The molecule has 0 saturated heterocycles. The van der Waals surface area contributed by atoms with E-state index in [1.54, 1.807) is 11.1 Å². The number of aliphatic hydroxyl groups is 1. The second-order valence-corrected chi connectivity index (χ2v) is 7.02. The maximum absolute atomic E-state index is 12.6. The van der Waals surface area contributed by atoms with Crippen LogP contribution < -0.4 is 9.64 Å². The molecule has 4 rings (SSSR count). The van der Waals surface area contributed by atoms with Crippen LogP contribution in [0, 0.1) is 0 Å². The summed E-state index contributed by atoms with van der Waals surface area (Å²) in [6, 6.07) is 11.4.